The Labute approximate surface area is 347 Å². The van der Waals surface area contributed by atoms with Gasteiger partial charge < -0.3 is 80.8 Å². The molecule has 0 radical (unpaired) electrons. The molecule has 1 heterocycles. The van der Waals surface area contributed by atoms with Crippen molar-refractivity contribution in [3.63, 3.8) is 0 Å². The number of unbranched alkanes of at least 4 members (excludes halogenated alkanes) is 1. The molecule has 26 nitrogen and oxygen atoms in total. The number of hydrogen-bond donors (Lipinski definition) is 15. The number of benzene rings is 1. The number of aliphatic hydroxyl groups is 2. The lowest BCUT2D eigenvalue weighted by Crippen LogP contribution is -2.62. The molecular formula is C35H52N12O14. The number of aliphatic hydroxyl groups excluding tert-OH is 2. The molecular weight excluding hydrogens is 812 g/mol. The van der Waals surface area contributed by atoms with Crippen LogP contribution < -0.4 is 65.5 Å². The van der Waals surface area contributed by atoms with Crippen LogP contribution in [0, 0.1) is 0 Å². The highest BCUT2D eigenvalue weighted by Crippen LogP contribution is 2.12. The summed E-state index contributed by atoms with van der Waals surface area (Å²) in [6, 6.07) is -7.04. The Morgan fingerprint density at radius 3 is 1.36 bits per heavy atom. The van der Waals surface area contributed by atoms with Gasteiger partial charge in [-0.1, -0.05) is 12.1 Å². The molecule has 2 rings (SSSR count). The lowest BCUT2D eigenvalue weighted by Gasteiger charge is -2.27. The lowest BCUT2D eigenvalue weighted by molar-refractivity contribution is -0.137. The molecule has 0 aromatic heterocycles. The van der Waals surface area contributed by atoms with Crippen molar-refractivity contribution in [3.05, 3.63) is 29.8 Å². The second kappa shape index (κ2) is 24.9. The van der Waals surface area contributed by atoms with Gasteiger partial charge in [-0.15, -0.1) is 0 Å². The number of phenols is 1. The van der Waals surface area contributed by atoms with Gasteiger partial charge in [0, 0.05) is 6.42 Å². The van der Waals surface area contributed by atoms with Crippen molar-refractivity contribution in [2.45, 2.75) is 87.2 Å². The van der Waals surface area contributed by atoms with Crippen LogP contribution in [0.5, 0.6) is 5.75 Å². The van der Waals surface area contributed by atoms with Crippen LogP contribution in [0.1, 0.15) is 44.1 Å². The summed E-state index contributed by atoms with van der Waals surface area (Å²) in [5.74, 6) is -12.9. The molecule has 0 bridgehead atoms. The van der Waals surface area contributed by atoms with E-state index in [1.54, 1.807) is 0 Å². The maximum Gasteiger partial charge on any atom is 0.245 e. The second-order valence-electron chi connectivity index (χ2n) is 13.7. The van der Waals surface area contributed by atoms with E-state index in [-0.39, 0.29) is 31.6 Å². The molecule has 1 aromatic carbocycles. The van der Waals surface area contributed by atoms with E-state index in [4.69, 9.17) is 22.9 Å². The smallest absolute Gasteiger partial charge is 0.245 e. The summed E-state index contributed by atoms with van der Waals surface area (Å²) in [6.07, 6.45) is -2.55. The van der Waals surface area contributed by atoms with E-state index >= 15 is 0 Å². The van der Waals surface area contributed by atoms with Gasteiger partial charge >= 0.3 is 0 Å². The van der Waals surface area contributed by atoms with Gasteiger partial charge in [-0.25, -0.2) is 0 Å². The highest BCUT2D eigenvalue weighted by atomic mass is 16.3. The van der Waals surface area contributed by atoms with Gasteiger partial charge in [0.1, 0.15) is 48.0 Å². The number of carbonyl (C=O) groups excluding carboxylic acids is 11. The molecule has 11 amide bonds. The minimum atomic E-state index is -1.91. The van der Waals surface area contributed by atoms with E-state index in [9.17, 15) is 68.1 Å². The van der Waals surface area contributed by atoms with Crippen LogP contribution in [0.15, 0.2) is 24.3 Å². The summed E-state index contributed by atoms with van der Waals surface area (Å²) in [7, 11) is 0. The monoisotopic (exact) mass is 864 g/mol. The minimum absolute atomic E-state index is 0.149. The third-order valence-electron chi connectivity index (χ3n) is 8.78. The highest BCUT2D eigenvalue weighted by molar-refractivity contribution is 6.00. The van der Waals surface area contributed by atoms with Gasteiger partial charge in [0.15, 0.2) is 0 Å². The molecule has 7 atom stereocenters. The number of rotatable bonds is 14. The van der Waals surface area contributed by atoms with E-state index in [1.165, 1.54) is 24.3 Å². The molecule has 336 valence electrons. The van der Waals surface area contributed by atoms with Gasteiger partial charge in [-0.2, -0.15) is 0 Å². The van der Waals surface area contributed by atoms with Crippen molar-refractivity contribution in [2.24, 2.45) is 22.9 Å². The van der Waals surface area contributed by atoms with Crippen molar-refractivity contribution in [1.29, 1.82) is 0 Å². The molecule has 26 heteroatoms. The van der Waals surface area contributed by atoms with Crippen LogP contribution in [0.3, 0.4) is 0 Å². The second-order valence-corrected chi connectivity index (χ2v) is 13.7. The van der Waals surface area contributed by atoms with Crippen molar-refractivity contribution >= 4 is 65.0 Å². The van der Waals surface area contributed by atoms with Gasteiger partial charge in [-0.3, -0.25) is 52.7 Å². The number of nitrogens with two attached hydrogens (primary N) is 4. The number of phenolic OH excluding ortho intramolecular Hbond substituents is 1. The largest absolute Gasteiger partial charge is 0.508 e. The predicted molar refractivity (Wildman–Crippen MR) is 207 cm³/mol. The fourth-order valence-corrected chi connectivity index (χ4v) is 5.63. The first kappa shape index (κ1) is 50.2. The zero-order valence-corrected chi connectivity index (χ0v) is 32.8. The van der Waals surface area contributed by atoms with Crippen LogP contribution in [-0.2, 0) is 59.2 Å². The molecule has 1 aromatic rings. The predicted octanol–water partition coefficient (Wildman–Crippen LogP) is -8.80. The first-order valence-electron chi connectivity index (χ1n) is 18.7. The van der Waals surface area contributed by atoms with Crippen molar-refractivity contribution in [1.82, 2.24) is 42.5 Å². The Hall–Kier alpha value is -6.93. The minimum Gasteiger partial charge on any atom is -0.508 e. The number of amides is 11. The third-order valence-corrected chi connectivity index (χ3v) is 8.78. The Bertz CT molecular complexity index is 1800. The number of nitrogens with one attached hydrogen (secondary N) is 8. The van der Waals surface area contributed by atoms with E-state index in [1.807, 2.05) is 0 Å². The summed E-state index contributed by atoms with van der Waals surface area (Å²) in [6.45, 7) is -3.01. The highest BCUT2D eigenvalue weighted by Gasteiger charge is 2.35. The summed E-state index contributed by atoms with van der Waals surface area (Å²) < 4.78 is 0. The van der Waals surface area contributed by atoms with Crippen molar-refractivity contribution in [2.75, 3.05) is 26.3 Å². The fourth-order valence-electron chi connectivity index (χ4n) is 5.63. The molecule has 19 N–H and O–H groups in total. The standard InChI is InChI=1S/C35H52N12O14/c36-8-2-1-3-18-30(56)46-23(14-48)34(60)43-19(9-16-4-6-17(50)7-5-16)31(57)44-20(10-25(37)51)29(55)40-13-28(54)41-21(11-26(38)52)32(58)47-24(15-49)35(61)45-22(12-27(39)53)33(59)42-18/h4-7,18-24,48-50H,1-3,8-15,36H2,(H2,37,51)(H2,38,52)(H2,39,53)(H,40,55)(H,41,54)(H,42,59)(H,43,60)(H,44,57)(H,45,61)(H,46,56)(H,47,58)/t18-,19-,20+,21-,22-,23+,24-/m0/s1. The molecule has 0 aliphatic carbocycles. The van der Waals surface area contributed by atoms with Gasteiger partial charge in [0.25, 0.3) is 0 Å². The molecule has 0 unspecified atom stereocenters. The SMILES string of the molecule is NCCCC[C@@H]1NC(=O)[C@H](CC(N)=O)NC(=O)[C@H](CO)NC(=O)[C@H](CC(N)=O)NC(=O)CNC(=O)[C@@H](CC(N)=O)NC(=O)[C@H](Cc2ccc(O)cc2)NC(=O)[C@@H](CO)NC1=O. The van der Waals surface area contributed by atoms with Crippen LogP contribution in [-0.4, -0.2) is 149 Å². The molecule has 1 aliphatic rings. The van der Waals surface area contributed by atoms with Crippen molar-refractivity contribution in [3.8, 4) is 5.75 Å². The first-order valence-corrected chi connectivity index (χ1v) is 18.7. The Morgan fingerprint density at radius 1 is 0.525 bits per heavy atom. The Kier molecular flexibility index (Phi) is 20.5. The first-order chi connectivity index (χ1) is 28.8. The van der Waals surface area contributed by atoms with E-state index in [2.05, 4.69) is 42.5 Å². The van der Waals surface area contributed by atoms with Gasteiger partial charge in [-0.05, 0) is 43.5 Å². The summed E-state index contributed by atoms with van der Waals surface area (Å²) >= 11 is 0. The van der Waals surface area contributed by atoms with E-state index in [0.29, 0.717) is 12.0 Å². The van der Waals surface area contributed by atoms with Gasteiger partial charge in [0.05, 0.1) is 39.0 Å². The van der Waals surface area contributed by atoms with Crippen LogP contribution >= 0.6 is 0 Å². The molecule has 0 spiro atoms. The summed E-state index contributed by atoms with van der Waals surface area (Å²) in [4.78, 5) is 143. The Balaban J connectivity index is 2.66. The Morgan fingerprint density at radius 2 is 0.902 bits per heavy atom. The topological polar surface area (TPSA) is 449 Å². The maximum absolute atomic E-state index is 13.7. The molecule has 1 saturated heterocycles. The van der Waals surface area contributed by atoms with Gasteiger partial charge in [0.2, 0.25) is 65.0 Å². The third kappa shape index (κ3) is 17.4. The normalized spacial score (nSPS) is 24.2. The van der Waals surface area contributed by atoms with Crippen LogP contribution in [0.4, 0.5) is 0 Å². The quantitative estimate of drug-likeness (QED) is 0.0773. The number of primary amides is 3. The molecule has 1 fully saturated rings. The van der Waals surface area contributed by atoms with Crippen LogP contribution in [0.25, 0.3) is 0 Å². The zero-order valence-electron chi connectivity index (χ0n) is 32.8. The van der Waals surface area contributed by atoms with E-state index in [0.717, 1.165) is 0 Å². The number of hydrogen-bond acceptors (Lipinski definition) is 15. The molecule has 1 aliphatic heterocycles. The molecule has 0 saturated carbocycles. The average molecular weight is 865 g/mol. The zero-order chi connectivity index (χ0) is 45.8. The summed E-state index contributed by atoms with van der Waals surface area (Å²) in [5.41, 5.74) is 21.8. The van der Waals surface area contributed by atoms with Crippen molar-refractivity contribution < 1.29 is 68.1 Å². The van der Waals surface area contributed by atoms with E-state index < -0.39 is 146 Å². The fraction of sp³-hybridized carbons (Fsp3) is 0.514. The lowest BCUT2D eigenvalue weighted by atomic mass is 10.0. The van der Waals surface area contributed by atoms with Crippen LogP contribution in [0.2, 0.25) is 0 Å². The average Bonchev–Trinajstić information content (AvgIpc) is 3.19. The molecule has 61 heavy (non-hydrogen) atoms. The summed E-state index contributed by atoms with van der Waals surface area (Å²) in [5, 5.41) is 47.5. The number of aromatic hydroxyl groups is 1. The maximum atomic E-state index is 13.7. The number of carbonyl (C=O) groups is 11.